The third-order valence-corrected chi connectivity index (χ3v) is 5.55. The highest BCUT2D eigenvalue weighted by Crippen LogP contribution is 2.24. The van der Waals surface area contributed by atoms with E-state index in [0.717, 1.165) is 16.7 Å². The second kappa shape index (κ2) is 10.7. The quantitative estimate of drug-likeness (QED) is 0.666. The van der Waals surface area contributed by atoms with E-state index in [-0.39, 0.29) is 18.7 Å². The van der Waals surface area contributed by atoms with Crippen LogP contribution in [0.3, 0.4) is 0 Å². The minimum Gasteiger partial charge on any atom is -0.444 e. The number of hydrogen-bond donors (Lipinski definition) is 2. The first-order valence-corrected chi connectivity index (χ1v) is 11.2. The highest BCUT2D eigenvalue weighted by molar-refractivity contribution is 5.90. The van der Waals surface area contributed by atoms with Crippen LogP contribution in [-0.4, -0.2) is 42.4 Å². The summed E-state index contributed by atoms with van der Waals surface area (Å²) in [5, 5.41) is 15.2. The summed E-state index contributed by atoms with van der Waals surface area (Å²) in [7, 11) is 0. The summed E-state index contributed by atoms with van der Waals surface area (Å²) in [5.74, 6) is -0.729. The van der Waals surface area contributed by atoms with Gasteiger partial charge < -0.3 is 20.1 Å². The SMILES string of the molecule is CC(C)(C)OC(=O)NC1(C(=O)N[C@H](C#N)Cc2ccc(-c3ccc(F)cc3)cc2)CCOCC1. The zero-order chi connectivity index (χ0) is 24.8. The minimum absolute atomic E-state index is 0.280. The van der Waals surface area contributed by atoms with Crippen molar-refractivity contribution in [2.45, 2.75) is 57.2 Å². The van der Waals surface area contributed by atoms with Gasteiger partial charge in [-0.05, 0) is 49.6 Å². The molecule has 0 spiro atoms. The molecule has 2 aromatic rings. The molecular weight excluding hydrogens is 437 g/mol. The molecule has 7 nitrogen and oxygen atoms in total. The van der Waals surface area contributed by atoms with Crippen molar-refractivity contribution in [3.63, 3.8) is 0 Å². The van der Waals surface area contributed by atoms with Gasteiger partial charge in [0.05, 0.1) is 6.07 Å². The summed E-state index contributed by atoms with van der Waals surface area (Å²) >= 11 is 0. The standard InChI is InChI=1S/C26H30FN3O4/c1-25(2,3)34-24(32)30-26(12-14-33-15-13-26)23(31)29-22(17-28)16-18-4-6-19(7-5-18)20-8-10-21(27)11-9-20/h4-11,22H,12-16H2,1-3H3,(H,29,31)(H,30,32)/t22-/m0/s1. The van der Waals surface area contributed by atoms with Gasteiger partial charge in [-0.1, -0.05) is 36.4 Å². The fraction of sp³-hybridized carbons (Fsp3) is 0.423. The van der Waals surface area contributed by atoms with Crippen molar-refractivity contribution in [3.05, 3.63) is 59.9 Å². The molecule has 1 fully saturated rings. The number of nitrogens with zero attached hydrogens (tertiary/aromatic N) is 1. The van der Waals surface area contributed by atoms with Gasteiger partial charge >= 0.3 is 6.09 Å². The predicted molar refractivity (Wildman–Crippen MR) is 125 cm³/mol. The summed E-state index contributed by atoms with van der Waals surface area (Å²) in [6.45, 7) is 5.86. The van der Waals surface area contributed by atoms with Crippen LogP contribution in [0.4, 0.5) is 9.18 Å². The number of benzene rings is 2. The molecule has 2 aromatic carbocycles. The van der Waals surface area contributed by atoms with E-state index in [1.165, 1.54) is 12.1 Å². The van der Waals surface area contributed by atoms with Crippen LogP contribution in [-0.2, 0) is 20.7 Å². The molecule has 0 unspecified atom stereocenters. The number of amides is 2. The lowest BCUT2D eigenvalue weighted by atomic mass is 9.88. The molecule has 0 aromatic heterocycles. The van der Waals surface area contributed by atoms with Gasteiger partial charge in [-0.25, -0.2) is 9.18 Å². The van der Waals surface area contributed by atoms with Crippen molar-refractivity contribution in [3.8, 4) is 17.2 Å². The van der Waals surface area contributed by atoms with Crippen LogP contribution >= 0.6 is 0 Å². The van der Waals surface area contributed by atoms with Crippen molar-refractivity contribution in [1.29, 1.82) is 5.26 Å². The Bertz CT molecular complexity index is 1030. The van der Waals surface area contributed by atoms with E-state index in [4.69, 9.17) is 9.47 Å². The molecule has 180 valence electrons. The zero-order valence-corrected chi connectivity index (χ0v) is 19.7. The van der Waals surface area contributed by atoms with Gasteiger partial charge in [0.15, 0.2) is 0 Å². The summed E-state index contributed by atoms with van der Waals surface area (Å²) in [4.78, 5) is 25.6. The van der Waals surface area contributed by atoms with Gasteiger partial charge in [-0.2, -0.15) is 5.26 Å². The van der Waals surface area contributed by atoms with Crippen LogP contribution in [0.2, 0.25) is 0 Å². The fourth-order valence-corrected chi connectivity index (χ4v) is 3.76. The fourth-order valence-electron chi connectivity index (χ4n) is 3.76. The second-order valence-electron chi connectivity index (χ2n) is 9.38. The molecule has 0 bridgehead atoms. The monoisotopic (exact) mass is 467 g/mol. The number of nitriles is 1. The Morgan fingerprint density at radius 1 is 1.09 bits per heavy atom. The molecule has 3 rings (SSSR count). The van der Waals surface area contributed by atoms with Crippen molar-refractivity contribution in [2.75, 3.05) is 13.2 Å². The molecule has 0 aliphatic carbocycles. The van der Waals surface area contributed by atoms with Crippen LogP contribution in [0.15, 0.2) is 48.5 Å². The van der Waals surface area contributed by atoms with E-state index in [1.807, 2.05) is 24.3 Å². The third kappa shape index (κ3) is 6.78. The first-order valence-electron chi connectivity index (χ1n) is 11.2. The third-order valence-electron chi connectivity index (χ3n) is 5.55. The Kier molecular flexibility index (Phi) is 7.90. The van der Waals surface area contributed by atoms with E-state index in [9.17, 15) is 19.2 Å². The van der Waals surface area contributed by atoms with Crippen LogP contribution in [0.25, 0.3) is 11.1 Å². The molecule has 1 saturated heterocycles. The number of carbonyl (C=O) groups is 2. The van der Waals surface area contributed by atoms with E-state index in [1.54, 1.807) is 32.9 Å². The molecular formula is C26H30FN3O4. The van der Waals surface area contributed by atoms with Crippen molar-refractivity contribution >= 4 is 12.0 Å². The molecule has 1 aliphatic heterocycles. The average molecular weight is 468 g/mol. The van der Waals surface area contributed by atoms with Gasteiger partial charge in [-0.3, -0.25) is 4.79 Å². The number of halogens is 1. The highest BCUT2D eigenvalue weighted by Gasteiger charge is 2.43. The molecule has 0 saturated carbocycles. The van der Waals surface area contributed by atoms with E-state index in [2.05, 4.69) is 16.7 Å². The lowest BCUT2D eigenvalue weighted by Gasteiger charge is -2.37. The topological polar surface area (TPSA) is 100 Å². The number of rotatable bonds is 6. The van der Waals surface area contributed by atoms with E-state index in [0.29, 0.717) is 19.6 Å². The highest BCUT2D eigenvalue weighted by atomic mass is 19.1. The van der Waals surface area contributed by atoms with Gasteiger partial charge in [0.25, 0.3) is 0 Å². The van der Waals surface area contributed by atoms with Crippen LogP contribution < -0.4 is 10.6 Å². The average Bonchev–Trinajstić information content (AvgIpc) is 2.79. The first-order chi connectivity index (χ1) is 16.1. The summed E-state index contributed by atoms with van der Waals surface area (Å²) < 4.78 is 23.9. The maximum Gasteiger partial charge on any atom is 0.408 e. The molecule has 1 atom stereocenters. The van der Waals surface area contributed by atoms with Gasteiger partial charge in [-0.15, -0.1) is 0 Å². The van der Waals surface area contributed by atoms with Gasteiger partial charge in [0.1, 0.15) is 23.0 Å². The lowest BCUT2D eigenvalue weighted by Crippen LogP contribution is -2.63. The minimum atomic E-state index is -1.21. The van der Waals surface area contributed by atoms with Crippen LogP contribution in [0, 0.1) is 17.1 Å². The molecule has 1 heterocycles. The summed E-state index contributed by atoms with van der Waals surface area (Å²) in [6, 6.07) is 15.1. The maximum absolute atomic E-state index is 13.2. The molecule has 8 heteroatoms. The summed E-state index contributed by atoms with van der Waals surface area (Å²) in [5.41, 5.74) is 0.750. The molecule has 0 radical (unpaired) electrons. The number of nitrogens with one attached hydrogen (secondary N) is 2. The van der Waals surface area contributed by atoms with Gasteiger partial charge in [0, 0.05) is 32.5 Å². The predicted octanol–water partition coefficient (Wildman–Crippen LogP) is 4.12. The molecule has 34 heavy (non-hydrogen) atoms. The molecule has 2 amide bonds. The Morgan fingerprint density at radius 2 is 1.65 bits per heavy atom. The van der Waals surface area contributed by atoms with Crippen LogP contribution in [0.1, 0.15) is 39.2 Å². The molecule has 1 aliphatic rings. The number of carbonyl (C=O) groups excluding carboxylic acids is 2. The Labute approximate surface area is 199 Å². The smallest absolute Gasteiger partial charge is 0.408 e. The van der Waals surface area contributed by atoms with E-state index < -0.39 is 29.2 Å². The Hall–Kier alpha value is -3.44. The summed E-state index contributed by atoms with van der Waals surface area (Å²) in [6.07, 6.45) is 0.172. The van der Waals surface area contributed by atoms with Crippen LogP contribution in [0.5, 0.6) is 0 Å². The largest absolute Gasteiger partial charge is 0.444 e. The first kappa shape index (κ1) is 25.2. The van der Waals surface area contributed by atoms with Crippen molar-refractivity contribution in [2.24, 2.45) is 0 Å². The second-order valence-corrected chi connectivity index (χ2v) is 9.38. The van der Waals surface area contributed by atoms with E-state index >= 15 is 0 Å². The number of alkyl carbamates (subject to hydrolysis) is 1. The lowest BCUT2D eigenvalue weighted by molar-refractivity contribution is -0.132. The van der Waals surface area contributed by atoms with Crippen molar-refractivity contribution in [1.82, 2.24) is 10.6 Å². The zero-order valence-electron chi connectivity index (χ0n) is 19.7. The molecule has 2 N–H and O–H groups in total. The van der Waals surface area contributed by atoms with Gasteiger partial charge in [0.2, 0.25) is 5.91 Å². The van der Waals surface area contributed by atoms with Crippen molar-refractivity contribution < 1.29 is 23.5 Å². The Balaban J connectivity index is 1.67. The normalized spacial score (nSPS) is 16.1. The number of ether oxygens (including phenoxy) is 2. The Morgan fingerprint density at radius 3 is 2.18 bits per heavy atom. The maximum atomic E-state index is 13.2. The number of hydrogen-bond acceptors (Lipinski definition) is 5.